The van der Waals surface area contributed by atoms with Crippen LogP contribution in [0, 0.1) is 0 Å². The number of benzene rings is 1. The number of amides is 2. The molecule has 1 aliphatic heterocycles. The molecule has 2 heterocycles. The fourth-order valence-corrected chi connectivity index (χ4v) is 2.89. The molecule has 1 N–H and O–H groups in total. The first-order valence-corrected chi connectivity index (χ1v) is 8.28. The molecular formula is C17H21F2N5O. The third-order valence-corrected chi connectivity index (χ3v) is 4.11. The van der Waals surface area contributed by atoms with Gasteiger partial charge in [-0.1, -0.05) is 18.2 Å². The third-order valence-electron chi connectivity index (χ3n) is 4.11. The standard InChI is InChI=1S/C17H21F2N5O/c18-16(19)13-24-12-14(11-20-24)21-17(25)23-8-4-7-22(9-10-23)15-5-2-1-3-6-15/h1-3,5-6,11-12,16H,4,7-10,13H2,(H,21,25). The summed E-state index contributed by atoms with van der Waals surface area (Å²) in [6.07, 6.45) is 1.19. The number of carbonyl (C=O) groups is 1. The van der Waals surface area contributed by atoms with E-state index in [9.17, 15) is 13.6 Å². The Bertz CT molecular complexity index is 691. The van der Waals surface area contributed by atoms with Gasteiger partial charge in [0.25, 0.3) is 6.43 Å². The highest BCUT2D eigenvalue weighted by Gasteiger charge is 2.19. The second-order valence-electron chi connectivity index (χ2n) is 5.94. The lowest BCUT2D eigenvalue weighted by Crippen LogP contribution is -2.38. The van der Waals surface area contributed by atoms with Crippen molar-refractivity contribution in [2.75, 3.05) is 36.4 Å². The van der Waals surface area contributed by atoms with Crippen LogP contribution in [-0.4, -0.2) is 53.3 Å². The summed E-state index contributed by atoms with van der Waals surface area (Å²) in [5.41, 5.74) is 1.58. The van der Waals surface area contributed by atoms with E-state index in [1.165, 1.54) is 12.4 Å². The van der Waals surface area contributed by atoms with Crippen molar-refractivity contribution in [3.05, 3.63) is 42.7 Å². The molecule has 1 aromatic carbocycles. The molecule has 8 heteroatoms. The topological polar surface area (TPSA) is 53.4 Å². The highest BCUT2D eigenvalue weighted by molar-refractivity contribution is 5.89. The van der Waals surface area contributed by atoms with Crippen molar-refractivity contribution in [3.8, 4) is 0 Å². The molecule has 2 amide bonds. The molecule has 2 aromatic rings. The molecule has 0 bridgehead atoms. The van der Waals surface area contributed by atoms with Gasteiger partial charge in [0.05, 0.1) is 11.9 Å². The van der Waals surface area contributed by atoms with Gasteiger partial charge in [0, 0.05) is 38.1 Å². The number of urea groups is 1. The minimum atomic E-state index is -2.47. The monoisotopic (exact) mass is 349 g/mol. The lowest BCUT2D eigenvalue weighted by atomic mass is 10.3. The molecule has 1 aliphatic rings. The summed E-state index contributed by atoms with van der Waals surface area (Å²) in [6, 6.07) is 9.88. The average molecular weight is 349 g/mol. The molecular weight excluding hydrogens is 328 g/mol. The number of para-hydroxylation sites is 1. The largest absolute Gasteiger partial charge is 0.370 e. The van der Waals surface area contributed by atoms with Crippen molar-refractivity contribution in [2.24, 2.45) is 0 Å². The molecule has 1 aromatic heterocycles. The Morgan fingerprint density at radius 2 is 1.96 bits per heavy atom. The number of carbonyl (C=O) groups excluding carboxylic acids is 1. The number of anilines is 2. The van der Waals surface area contributed by atoms with Crippen LogP contribution in [0.3, 0.4) is 0 Å². The van der Waals surface area contributed by atoms with Crippen LogP contribution in [0.25, 0.3) is 0 Å². The van der Waals surface area contributed by atoms with Gasteiger partial charge in [-0.05, 0) is 18.6 Å². The fourth-order valence-electron chi connectivity index (χ4n) is 2.89. The average Bonchev–Trinajstić information content (AvgIpc) is 2.88. The predicted octanol–water partition coefficient (Wildman–Crippen LogP) is 2.89. The van der Waals surface area contributed by atoms with Crippen molar-refractivity contribution < 1.29 is 13.6 Å². The number of aromatic nitrogens is 2. The molecule has 1 saturated heterocycles. The maximum atomic E-state index is 12.4. The minimum Gasteiger partial charge on any atom is -0.370 e. The molecule has 0 atom stereocenters. The van der Waals surface area contributed by atoms with Crippen molar-refractivity contribution in [3.63, 3.8) is 0 Å². The van der Waals surface area contributed by atoms with E-state index in [2.05, 4.69) is 27.4 Å². The zero-order valence-corrected chi connectivity index (χ0v) is 13.8. The molecule has 0 aliphatic carbocycles. The van der Waals surface area contributed by atoms with Crippen LogP contribution >= 0.6 is 0 Å². The minimum absolute atomic E-state index is 0.230. The summed E-state index contributed by atoms with van der Waals surface area (Å²) in [5.74, 6) is 0. The summed E-state index contributed by atoms with van der Waals surface area (Å²) in [7, 11) is 0. The maximum Gasteiger partial charge on any atom is 0.321 e. The first-order valence-electron chi connectivity index (χ1n) is 8.28. The van der Waals surface area contributed by atoms with Gasteiger partial charge < -0.3 is 15.1 Å². The SMILES string of the molecule is O=C(Nc1cnn(CC(F)F)c1)N1CCCN(c2ccccc2)CC1. The lowest BCUT2D eigenvalue weighted by molar-refractivity contribution is 0.122. The number of halogens is 2. The zero-order chi connectivity index (χ0) is 17.6. The number of rotatable bonds is 4. The van der Waals surface area contributed by atoms with E-state index in [1.807, 2.05) is 18.2 Å². The Labute approximate surface area is 145 Å². The smallest absolute Gasteiger partial charge is 0.321 e. The molecule has 6 nitrogen and oxygen atoms in total. The van der Waals surface area contributed by atoms with Crippen LogP contribution < -0.4 is 10.2 Å². The van der Waals surface area contributed by atoms with Gasteiger partial charge in [0.2, 0.25) is 0 Å². The number of nitrogens with one attached hydrogen (secondary N) is 1. The predicted molar refractivity (Wildman–Crippen MR) is 92.1 cm³/mol. The Kier molecular flexibility index (Phi) is 5.47. The van der Waals surface area contributed by atoms with Crippen LogP contribution in [-0.2, 0) is 6.54 Å². The second kappa shape index (κ2) is 7.96. The third kappa shape index (κ3) is 4.68. The van der Waals surface area contributed by atoms with Gasteiger partial charge in [-0.25, -0.2) is 13.6 Å². The first kappa shape index (κ1) is 17.2. The summed E-state index contributed by atoms with van der Waals surface area (Å²) in [6.45, 7) is 2.42. The normalized spacial score (nSPS) is 15.3. The van der Waals surface area contributed by atoms with Crippen molar-refractivity contribution in [1.82, 2.24) is 14.7 Å². The molecule has 25 heavy (non-hydrogen) atoms. The number of hydrogen-bond acceptors (Lipinski definition) is 3. The highest BCUT2D eigenvalue weighted by atomic mass is 19.3. The molecule has 0 unspecified atom stereocenters. The molecule has 134 valence electrons. The Hall–Kier alpha value is -2.64. The van der Waals surface area contributed by atoms with Gasteiger partial charge in [-0.15, -0.1) is 0 Å². The summed E-state index contributed by atoms with van der Waals surface area (Å²) in [5, 5.41) is 6.55. The summed E-state index contributed by atoms with van der Waals surface area (Å²) < 4.78 is 25.8. The van der Waals surface area contributed by atoms with Crippen LogP contribution in [0.15, 0.2) is 42.7 Å². The quantitative estimate of drug-likeness (QED) is 0.923. The Morgan fingerprint density at radius 3 is 2.72 bits per heavy atom. The van der Waals surface area contributed by atoms with E-state index in [4.69, 9.17) is 0 Å². The van der Waals surface area contributed by atoms with Gasteiger partial charge in [0.15, 0.2) is 0 Å². The number of nitrogens with zero attached hydrogens (tertiary/aromatic N) is 4. The Morgan fingerprint density at radius 1 is 1.16 bits per heavy atom. The van der Waals surface area contributed by atoms with Crippen LogP contribution in [0.1, 0.15) is 6.42 Å². The Balaban J connectivity index is 1.55. The van der Waals surface area contributed by atoms with E-state index < -0.39 is 13.0 Å². The van der Waals surface area contributed by atoms with E-state index in [1.54, 1.807) is 4.90 Å². The molecule has 0 saturated carbocycles. The first-order chi connectivity index (χ1) is 12.1. The van der Waals surface area contributed by atoms with Crippen LogP contribution in [0.4, 0.5) is 25.0 Å². The molecule has 3 rings (SSSR count). The van der Waals surface area contributed by atoms with Gasteiger partial charge in [-0.2, -0.15) is 5.10 Å². The summed E-state index contributed by atoms with van der Waals surface area (Å²) in [4.78, 5) is 16.4. The fraction of sp³-hybridized carbons (Fsp3) is 0.412. The van der Waals surface area contributed by atoms with Crippen LogP contribution in [0.2, 0.25) is 0 Å². The van der Waals surface area contributed by atoms with E-state index >= 15 is 0 Å². The number of alkyl halides is 2. The zero-order valence-electron chi connectivity index (χ0n) is 13.8. The number of hydrogen-bond donors (Lipinski definition) is 1. The van der Waals surface area contributed by atoms with E-state index in [0.717, 1.165) is 29.9 Å². The van der Waals surface area contributed by atoms with Gasteiger partial charge >= 0.3 is 6.03 Å². The van der Waals surface area contributed by atoms with Crippen molar-refractivity contribution in [2.45, 2.75) is 19.4 Å². The molecule has 0 radical (unpaired) electrons. The van der Waals surface area contributed by atoms with Gasteiger partial charge in [0.1, 0.15) is 6.54 Å². The van der Waals surface area contributed by atoms with Crippen LogP contribution in [0.5, 0.6) is 0 Å². The molecule has 0 spiro atoms. The lowest BCUT2D eigenvalue weighted by Gasteiger charge is -2.23. The molecule has 1 fully saturated rings. The van der Waals surface area contributed by atoms with E-state index in [-0.39, 0.29) is 6.03 Å². The highest BCUT2D eigenvalue weighted by Crippen LogP contribution is 2.16. The van der Waals surface area contributed by atoms with Gasteiger partial charge in [-0.3, -0.25) is 4.68 Å². The maximum absolute atomic E-state index is 12.4. The van der Waals surface area contributed by atoms with Crippen molar-refractivity contribution >= 4 is 17.4 Å². The van der Waals surface area contributed by atoms with E-state index in [0.29, 0.717) is 18.8 Å². The summed E-state index contributed by atoms with van der Waals surface area (Å²) >= 11 is 0. The second-order valence-corrected chi connectivity index (χ2v) is 5.94. The van der Waals surface area contributed by atoms with Crippen molar-refractivity contribution in [1.29, 1.82) is 0 Å².